The quantitative estimate of drug-likeness (QED) is 0.515. The number of hydrogen-bond donors (Lipinski definition) is 1. The number of aromatic nitrogens is 1. The molecule has 3 rings (SSSR count). The molecular weight excluding hydrogens is 322 g/mol. The first-order valence-electron chi connectivity index (χ1n) is 6.28. The first-order valence-corrected chi connectivity index (χ1v) is 8.42. The van der Waals surface area contributed by atoms with Crippen LogP contribution in [0, 0.1) is 0 Å². The van der Waals surface area contributed by atoms with Gasteiger partial charge in [0.25, 0.3) is 0 Å². The molecule has 0 aliphatic rings. The van der Waals surface area contributed by atoms with Crippen molar-refractivity contribution in [2.75, 3.05) is 5.43 Å². The monoisotopic (exact) mass is 333 g/mol. The fourth-order valence-electron chi connectivity index (χ4n) is 1.75. The van der Waals surface area contributed by atoms with E-state index in [4.69, 9.17) is 11.6 Å². The second-order valence-corrected chi connectivity index (χ2v) is 6.57. The summed E-state index contributed by atoms with van der Waals surface area (Å²) in [6, 6.07) is 11.7. The molecule has 0 bridgehead atoms. The number of nitrogens with one attached hydrogen (secondary N) is 1. The number of halogens is 1. The molecule has 0 spiro atoms. The van der Waals surface area contributed by atoms with Gasteiger partial charge in [-0.15, -0.1) is 22.7 Å². The minimum atomic E-state index is 0.725. The standard InChI is InChI=1S/C15H12ClN3S2/c1-10(14-3-2-8-20-14)18-19-15-17-13(9-21-15)11-4-6-12(16)7-5-11/h2-9H,1H3,(H,17,19)/b18-10+. The van der Waals surface area contributed by atoms with Crippen molar-refractivity contribution in [3.8, 4) is 11.3 Å². The highest BCUT2D eigenvalue weighted by Gasteiger charge is 2.04. The van der Waals surface area contributed by atoms with Crippen LogP contribution in [-0.4, -0.2) is 10.7 Å². The summed E-state index contributed by atoms with van der Waals surface area (Å²) in [6.45, 7) is 1.98. The lowest BCUT2D eigenvalue weighted by Crippen LogP contribution is -1.96. The Hall–Kier alpha value is -1.69. The molecule has 3 nitrogen and oxygen atoms in total. The number of thiophene rings is 1. The molecule has 1 N–H and O–H groups in total. The lowest BCUT2D eigenvalue weighted by molar-refractivity contribution is 1.27. The summed E-state index contributed by atoms with van der Waals surface area (Å²) in [4.78, 5) is 5.67. The van der Waals surface area contributed by atoms with E-state index in [0.29, 0.717) is 0 Å². The SMILES string of the molecule is C/C(=N\Nc1nc(-c2ccc(Cl)cc2)cs1)c1cccs1. The summed E-state index contributed by atoms with van der Waals surface area (Å²) in [7, 11) is 0. The van der Waals surface area contributed by atoms with Crippen LogP contribution in [0.1, 0.15) is 11.8 Å². The first-order chi connectivity index (χ1) is 10.2. The highest BCUT2D eigenvalue weighted by Crippen LogP contribution is 2.26. The number of nitrogens with zero attached hydrogens (tertiary/aromatic N) is 2. The molecule has 2 heterocycles. The van der Waals surface area contributed by atoms with Crippen molar-refractivity contribution < 1.29 is 0 Å². The normalized spacial score (nSPS) is 11.6. The van der Waals surface area contributed by atoms with Gasteiger partial charge in [0.1, 0.15) is 0 Å². The van der Waals surface area contributed by atoms with Crippen LogP contribution in [0.3, 0.4) is 0 Å². The predicted molar refractivity (Wildman–Crippen MR) is 92.7 cm³/mol. The molecular formula is C15H12ClN3S2. The van der Waals surface area contributed by atoms with Crippen LogP contribution in [0.4, 0.5) is 5.13 Å². The van der Waals surface area contributed by atoms with Crippen LogP contribution in [0.15, 0.2) is 52.3 Å². The van der Waals surface area contributed by atoms with Gasteiger partial charge in [-0.3, -0.25) is 5.43 Å². The van der Waals surface area contributed by atoms with Crippen molar-refractivity contribution in [1.29, 1.82) is 0 Å². The Kier molecular flexibility index (Phi) is 4.34. The molecule has 0 aliphatic carbocycles. The van der Waals surface area contributed by atoms with E-state index in [1.807, 2.05) is 54.1 Å². The number of thiazole rings is 1. The summed E-state index contributed by atoms with van der Waals surface area (Å²) < 4.78 is 0. The van der Waals surface area contributed by atoms with Gasteiger partial charge in [-0.2, -0.15) is 5.10 Å². The Balaban J connectivity index is 1.73. The number of hydrogen-bond acceptors (Lipinski definition) is 5. The Bertz CT molecular complexity index is 746. The molecule has 0 aliphatic heterocycles. The third-order valence-electron chi connectivity index (χ3n) is 2.84. The summed E-state index contributed by atoms with van der Waals surface area (Å²) in [5.41, 5.74) is 5.93. The van der Waals surface area contributed by atoms with Crippen LogP contribution >= 0.6 is 34.3 Å². The Labute approximate surface area is 135 Å². The number of rotatable bonds is 4. The van der Waals surface area contributed by atoms with Crippen LogP contribution in [0.25, 0.3) is 11.3 Å². The largest absolute Gasteiger partial charge is 0.252 e. The number of benzene rings is 1. The van der Waals surface area contributed by atoms with Crippen molar-refractivity contribution in [2.45, 2.75) is 6.92 Å². The number of hydrazone groups is 1. The minimum Gasteiger partial charge on any atom is -0.252 e. The van der Waals surface area contributed by atoms with Crippen LogP contribution in [0.5, 0.6) is 0 Å². The third kappa shape index (κ3) is 3.50. The van der Waals surface area contributed by atoms with Crippen molar-refractivity contribution in [2.24, 2.45) is 5.10 Å². The van der Waals surface area contributed by atoms with Gasteiger partial charge in [-0.1, -0.05) is 29.8 Å². The van der Waals surface area contributed by atoms with Crippen molar-refractivity contribution in [3.63, 3.8) is 0 Å². The van der Waals surface area contributed by atoms with E-state index < -0.39 is 0 Å². The molecule has 0 amide bonds. The lowest BCUT2D eigenvalue weighted by atomic mass is 10.2. The highest BCUT2D eigenvalue weighted by atomic mass is 35.5. The molecule has 2 aromatic heterocycles. The van der Waals surface area contributed by atoms with Gasteiger partial charge in [-0.05, 0) is 30.5 Å². The van der Waals surface area contributed by atoms with Crippen molar-refractivity contribution in [3.05, 3.63) is 57.1 Å². The minimum absolute atomic E-state index is 0.725. The third-order valence-corrected chi connectivity index (χ3v) is 4.82. The highest BCUT2D eigenvalue weighted by molar-refractivity contribution is 7.14. The molecule has 0 atom stereocenters. The van der Waals surface area contributed by atoms with Crippen molar-refractivity contribution >= 4 is 45.1 Å². The molecule has 0 radical (unpaired) electrons. The van der Waals surface area contributed by atoms with Crippen LogP contribution in [-0.2, 0) is 0 Å². The zero-order valence-electron chi connectivity index (χ0n) is 11.2. The average molecular weight is 334 g/mol. The lowest BCUT2D eigenvalue weighted by Gasteiger charge is -1.98. The van der Waals surface area contributed by atoms with E-state index in [-0.39, 0.29) is 0 Å². The second-order valence-electron chi connectivity index (χ2n) is 4.33. The first kappa shape index (κ1) is 14.3. The van der Waals surface area contributed by atoms with Gasteiger partial charge in [-0.25, -0.2) is 4.98 Å². The molecule has 0 saturated heterocycles. The summed E-state index contributed by atoms with van der Waals surface area (Å²) in [5.74, 6) is 0. The van der Waals surface area contributed by atoms with E-state index in [0.717, 1.165) is 32.0 Å². The average Bonchev–Trinajstić information content (AvgIpc) is 3.17. The van der Waals surface area contributed by atoms with Gasteiger partial charge in [0.15, 0.2) is 0 Å². The Morgan fingerprint density at radius 2 is 2.00 bits per heavy atom. The van der Waals surface area contributed by atoms with E-state index in [9.17, 15) is 0 Å². The topological polar surface area (TPSA) is 37.3 Å². The van der Waals surface area contributed by atoms with Crippen molar-refractivity contribution in [1.82, 2.24) is 4.98 Å². The van der Waals surface area contributed by atoms with Gasteiger partial charge < -0.3 is 0 Å². The zero-order valence-corrected chi connectivity index (χ0v) is 13.6. The molecule has 0 fully saturated rings. The molecule has 0 saturated carbocycles. The maximum atomic E-state index is 5.89. The molecule has 106 valence electrons. The molecule has 21 heavy (non-hydrogen) atoms. The van der Waals surface area contributed by atoms with Gasteiger partial charge >= 0.3 is 0 Å². The zero-order chi connectivity index (χ0) is 14.7. The molecule has 3 aromatic rings. The van der Waals surface area contributed by atoms with Gasteiger partial charge in [0.2, 0.25) is 5.13 Å². The van der Waals surface area contributed by atoms with Gasteiger partial charge in [0.05, 0.1) is 11.4 Å². The fourth-order valence-corrected chi connectivity index (χ4v) is 3.21. The van der Waals surface area contributed by atoms with Crippen LogP contribution in [0.2, 0.25) is 5.02 Å². The molecule has 6 heteroatoms. The van der Waals surface area contributed by atoms with Gasteiger partial charge in [0, 0.05) is 20.8 Å². The smallest absolute Gasteiger partial charge is 0.203 e. The van der Waals surface area contributed by atoms with E-state index in [2.05, 4.69) is 15.5 Å². The number of anilines is 1. The maximum absolute atomic E-state index is 5.89. The molecule has 0 unspecified atom stereocenters. The Morgan fingerprint density at radius 3 is 2.71 bits per heavy atom. The van der Waals surface area contributed by atoms with Crippen LogP contribution < -0.4 is 5.43 Å². The maximum Gasteiger partial charge on any atom is 0.203 e. The summed E-state index contributed by atoms with van der Waals surface area (Å²) in [6.07, 6.45) is 0. The predicted octanol–water partition coefficient (Wildman–Crippen LogP) is 5.36. The van der Waals surface area contributed by atoms with E-state index in [1.165, 1.54) is 11.3 Å². The fraction of sp³-hybridized carbons (Fsp3) is 0.0667. The second kappa shape index (κ2) is 6.39. The van der Waals surface area contributed by atoms with E-state index >= 15 is 0 Å². The summed E-state index contributed by atoms with van der Waals surface area (Å²) in [5, 5.41) is 9.90. The molecule has 1 aromatic carbocycles. The Morgan fingerprint density at radius 1 is 1.19 bits per heavy atom. The summed E-state index contributed by atoms with van der Waals surface area (Å²) >= 11 is 9.09. The van der Waals surface area contributed by atoms with E-state index in [1.54, 1.807) is 11.3 Å².